The number of nitrogens with zero attached hydrogens (tertiary/aromatic N) is 1. The average Bonchev–Trinajstić information content (AvgIpc) is 3.32. The summed E-state index contributed by atoms with van der Waals surface area (Å²) < 4.78 is 0. The zero-order valence-corrected chi connectivity index (χ0v) is 12.1. The van der Waals surface area contributed by atoms with Crippen LogP contribution in [0.2, 0.25) is 0 Å². The van der Waals surface area contributed by atoms with Crippen molar-refractivity contribution in [2.24, 2.45) is 5.73 Å². The summed E-state index contributed by atoms with van der Waals surface area (Å²) >= 11 is 0. The van der Waals surface area contributed by atoms with Crippen LogP contribution in [0.15, 0.2) is 36.5 Å². The van der Waals surface area contributed by atoms with Crippen LogP contribution in [0.3, 0.4) is 0 Å². The molecule has 108 valence electrons. The second-order valence-electron chi connectivity index (χ2n) is 5.52. The third kappa shape index (κ3) is 2.95. The first-order chi connectivity index (χ1) is 10.2. The molecule has 1 aromatic heterocycles. The number of nitrogens with two attached hydrogens (primary N) is 1. The molecule has 1 saturated carbocycles. The molecule has 1 aromatic carbocycles. The van der Waals surface area contributed by atoms with Crippen molar-refractivity contribution in [2.45, 2.75) is 32.2 Å². The van der Waals surface area contributed by atoms with E-state index >= 15 is 0 Å². The average molecular weight is 281 g/mol. The Balaban J connectivity index is 1.82. The maximum atomic E-state index is 12.3. The molecule has 1 fully saturated rings. The van der Waals surface area contributed by atoms with Gasteiger partial charge in [-0.2, -0.15) is 0 Å². The van der Waals surface area contributed by atoms with Crippen LogP contribution in [-0.4, -0.2) is 10.9 Å². The molecule has 3 N–H and O–H groups in total. The SMILES string of the molecule is Cc1ccnc(NC(=O)c2ccc(CN)cc2)c1C1CC1. The van der Waals surface area contributed by atoms with E-state index in [0.29, 0.717) is 23.8 Å². The first-order valence-electron chi connectivity index (χ1n) is 7.25. The number of aromatic nitrogens is 1. The van der Waals surface area contributed by atoms with Gasteiger partial charge in [-0.25, -0.2) is 4.98 Å². The lowest BCUT2D eigenvalue weighted by Gasteiger charge is -2.12. The van der Waals surface area contributed by atoms with Gasteiger partial charge in [0.1, 0.15) is 5.82 Å². The third-order valence-electron chi connectivity index (χ3n) is 3.88. The summed E-state index contributed by atoms with van der Waals surface area (Å²) in [7, 11) is 0. The highest BCUT2D eigenvalue weighted by atomic mass is 16.1. The maximum absolute atomic E-state index is 12.3. The fourth-order valence-electron chi connectivity index (χ4n) is 2.53. The number of carbonyl (C=O) groups is 1. The molecule has 21 heavy (non-hydrogen) atoms. The fraction of sp³-hybridized carbons (Fsp3) is 0.294. The van der Waals surface area contributed by atoms with Crippen LogP contribution < -0.4 is 11.1 Å². The number of amides is 1. The Hall–Kier alpha value is -2.20. The summed E-state index contributed by atoms with van der Waals surface area (Å²) in [4.78, 5) is 16.7. The van der Waals surface area contributed by atoms with E-state index in [2.05, 4.69) is 17.2 Å². The zero-order chi connectivity index (χ0) is 14.8. The monoisotopic (exact) mass is 281 g/mol. The predicted octanol–water partition coefficient (Wildman–Crippen LogP) is 2.98. The summed E-state index contributed by atoms with van der Waals surface area (Å²) in [6.45, 7) is 2.55. The lowest BCUT2D eigenvalue weighted by atomic mass is 10.1. The second-order valence-corrected chi connectivity index (χ2v) is 5.52. The molecule has 4 heteroatoms. The molecule has 2 aromatic rings. The van der Waals surface area contributed by atoms with Crippen molar-refractivity contribution in [2.75, 3.05) is 5.32 Å². The van der Waals surface area contributed by atoms with Gasteiger partial charge in [0, 0.05) is 23.9 Å². The van der Waals surface area contributed by atoms with Crippen LogP contribution in [0.4, 0.5) is 5.82 Å². The molecule has 0 radical (unpaired) electrons. The van der Waals surface area contributed by atoms with Gasteiger partial charge in [-0.1, -0.05) is 12.1 Å². The molecular weight excluding hydrogens is 262 g/mol. The van der Waals surface area contributed by atoms with Gasteiger partial charge in [0.05, 0.1) is 0 Å². The van der Waals surface area contributed by atoms with Crippen molar-refractivity contribution < 1.29 is 4.79 Å². The lowest BCUT2D eigenvalue weighted by molar-refractivity contribution is 0.102. The number of nitrogens with one attached hydrogen (secondary N) is 1. The standard InChI is InChI=1S/C17H19N3O/c1-11-8-9-19-16(15(11)13-6-7-13)20-17(21)14-4-2-12(10-18)3-5-14/h2-5,8-9,13H,6-7,10,18H2,1H3,(H,19,20,21). The van der Waals surface area contributed by atoms with Gasteiger partial charge in [0.2, 0.25) is 0 Å². The van der Waals surface area contributed by atoms with Crippen molar-refractivity contribution >= 4 is 11.7 Å². The van der Waals surface area contributed by atoms with Crippen molar-refractivity contribution in [3.63, 3.8) is 0 Å². The molecule has 0 unspecified atom stereocenters. The highest BCUT2D eigenvalue weighted by molar-refractivity contribution is 6.04. The van der Waals surface area contributed by atoms with Gasteiger partial charge < -0.3 is 11.1 Å². The maximum Gasteiger partial charge on any atom is 0.256 e. The molecule has 0 bridgehead atoms. The second kappa shape index (κ2) is 5.66. The first-order valence-corrected chi connectivity index (χ1v) is 7.25. The molecule has 0 aliphatic heterocycles. The van der Waals surface area contributed by atoms with Gasteiger partial charge in [0.15, 0.2) is 0 Å². The van der Waals surface area contributed by atoms with Crippen LogP contribution >= 0.6 is 0 Å². The van der Waals surface area contributed by atoms with Crippen molar-refractivity contribution in [1.29, 1.82) is 0 Å². The smallest absolute Gasteiger partial charge is 0.256 e. The largest absolute Gasteiger partial charge is 0.326 e. The Bertz CT molecular complexity index is 660. The molecule has 4 nitrogen and oxygen atoms in total. The zero-order valence-electron chi connectivity index (χ0n) is 12.1. The van der Waals surface area contributed by atoms with Crippen molar-refractivity contribution in [3.05, 3.63) is 58.8 Å². The number of pyridine rings is 1. The Morgan fingerprint density at radius 2 is 2.00 bits per heavy atom. The van der Waals surface area contributed by atoms with E-state index in [0.717, 1.165) is 5.56 Å². The molecule has 0 saturated heterocycles. The lowest BCUT2D eigenvalue weighted by Crippen LogP contribution is -2.15. The Morgan fingerprint density at radius 1 is 1.29 bits per heavy atom. The van der Waals surface area contributed by atoms with E-state index in [-0.39, 0.29) is 5.91 Å². The van der Waals surface area contributed by atoms with Gasteiger partial charge in [-0.3, -0.25) is 4.79 Å². The first kappa shape index (κ1) is 13.8. The van der Waals surface area contributed by atoms with Gasteiger partial charge >= 0.3 is 0 Å². The minimum Gasteiger partial charge on any atom is -0.326 e. The summed E-state index contributed by atoms with van der Waals surface area (Å²) in [5.74, 6) is 1.12. The molecule has 0 spiro atoms. The van der Waals surface area contributed by atoms with E-state index in [1.807, 2.05) is 18.2 Å². The number of aryl methyl sites for hydroxylation is 1. The van der Waals surface area contributed by atoms with Gasteiger partial charge in [-0.15, -0.1) is 0 Å². The fourth-order valence-corrected chi connectivity index (χ4v) is 2.53. The van der Waals surface area contributed by atoms with E-state index in [1.54, 1.807) is 18.3 Å². The van der Waals surface area contributed by atoms with E-state index in [1.165, 1.54) is 24.0 Å². The van der Waals surface area contributed by atoms with Gasteiger partial charge in [-0.05, 0) is 55.0 Å². The topological polar surface area (TPSA) is 68.0 Å². The number of rotatable bonds is 4. The summed E-state index contributed by atoms with van der Waals surface area (Å²) in [6, 6.07) is 9.34. The third-order valence-corrected chi connectivity index (χ3v) is 3.88. The number of hydrogen-bond donors (Lipinski definition) is 2. The van der Waals surface area contributed by atoms with E-state index in [9.17, 15) is 4.79 Å². The molecule has 1 aliphatic carbocycles. The Labute approximate surface area is 124 Å². The number of hydrogen-bond acceptors (Lipinski definition) is 3. The van der Waals surface area contributed by atoms with E-state index < -0.39 is 0 Å². The summed E-state index contributed by atoms with van der Waals surface area (Å²) in [5.41, 5.74) is 9.58. The van der Waals surface area contributed by atoms with Crippen LogP contribution in [-0.2, 0) is 6.54 Å². The molecule has 1 aliphatic rings. The quantitative estimate of drug-likeness (QED) is 0.905. The predicted molar refractivity (Wildman–Crippen MR) is 83.2 cm³/mol. The summed E-state index contributed by atoms with van der Waals surface area (Å²) in [6.07, 6.45) is 4.11. The number of benzene rings is 1. The molecule has 3 rings (SSSR count). The number of anilines is 1. The van der Waals surface area contributed by atoms with Crippen LogP contribution in [0.1, 0.15) is 45.8 Å². The minimum absolute atomic E-state index is 0.126. The summed E-state index contributed by atoms with van der Waals surface area (Å²) in [5, 5.41) is 2.95. The van der Waals surface area contributed by atoms with Crippen LogP contribution in [0, 0.1) is 6.92 Å². The Morgan fingerprint density at radius 3 is 2.62 bits per heavy atom. The molecule has 0 atom stereocenters. The number of carbonyl (C=O) groups excluding carboxylic acids is 1. The Kier molecular flexibility index (Phi) is 3.71. The van der Waals surface area contributed by atoms with Crippen LogP contribution in [0.25, 0.3) is 0 Å². The van der Waals surface area contributed by atoms with Crippen molar-refractivity contribution in [1.82, 2.24) is 4.98 Å². The molecule has 1 heterocycles. The normalized spacial score (nSPS) is 14.0. The highest BCUT2D eigenvalue weighted by Gasteiger charge is 2.28. The highest BCUT2D eigenvalue weighted by Crippen LogP contribution is 2.44. The van der Waals surface area contributed by atoms with Crippen molar-refractivity contribution in [3.8, 4) is 0 Å². The molecule has 1 amide bonds. The van der Waals surface area contributed by atoms with Crippen LogP contribution in [0.5, 0.6) is 0 Å². The molecular formula is C17H19N3O. The van der Waals surface area contributed by atoms with Gasteiger partial charge in [0.25, 0.3) is 5.91 Å². The minimum atomic E-state index is -0.126. The van der Waals surface area contributed by atoms with E-state index in [4.69, 9.17) is 5.73 Å².